The first kappa shape index (κ1) is 21.2. The number of hydrogen-bond donors (Lipinski definition) is 2. The molecule has 1 aliphatic rings. The van der Waals surface area contributed by atoms with E-state index in [1.165, 1.54) is 19.1 Å². The maximum atomic E-state index is 12.7. The van der Waals surface area contributed by atoms with Gasteiger partial charge in [0.1, 0.15) is 23.2 Å². The van der Waals surface area contributed by atoms with E-state index in [1.807, 2.05) is 0 Å². The Morgan fingerprint density at radius 2 is 2.00 bits per heavy atom. The molecule has 9 heteroatoms. The van der Waals surface area contributed by atoms with Gasteiger partial charge in [0.2, 0.25) is 0 Å². The molecular formula is C21H15BrN2O6. The van der Waals surface area contributed by atoms with Gasteiger partial charge in [-0.1, -0.05) is 15.9 Å². The topological polar surface area (TPSA) is 132 Å². The molecule has 152 valence electrons. The second-order valence-electron chi connectivity index (χ2n) is 6.35. The van der Waals surface area contributed by atoms with Gasteiger partial charge in [-0.05, 0) is 48.9 Å². The van der Waals surface area contributed by atoms with Gasteiger partial charge in [0.15, 0.2) is 0 Å². The summed E-state index contributed by atoms with van der Waals surface area (Å²) in [4.78, 5) is 37.3. The number of carbonyl (C=O) groups is 3. The number of carboxylic acid groups (broad SMARTS) is 1. The van der Waals surface area contributed by atoms with Crippen molar-refractivity contribution >= 4 is 39.8 Å². The van der Waals surface area contributed by atoms with E-state index in [0.717, 1.165) is 4.90 Å². The summed E-state index contributed by atoms with van der Waals surface area (Å²) in [6.45, 7) is 0.810. The molecule has 1 aromatic heterocycles. The highest BCUT2D eigenvalue weighted by atomic mass is 79.9. The largest absolute Gasteiger partial charge is 0.478 e. The SMILES string of the molecule is CC1=C(C#N)C(=O)N(CCO)C(=O)/C1=C\c1ccc(-c2ccc(Br)cc2C(=O)O)o1. The Bertz CT molecular complexity index is 1170. The zero-order chi connectivity index (χ0) is 22.0. The van der Waals surface area contributed by atoms with E-state index in [-0.39, 0.29) is 40.3 Å². The van der Waals surface area contributed by atoms with Crippen molar-refractivity contribution in [1.82, 2.24) is 4.90 Å². The van der Waals surface area contributed by atoms with Crippen LogP contribution < -0.4 is 0 Å². The molecule has 2 amide bonds. The van der Waals surface area contributed by atoms with E-state index < -0.39 is 24.4 Å². The average molecular weight is 471 g/mol. The molecule has 0 atom stereocenters. The molecule has 0 bridgehead atoms. The number of benzene rings is 1. The quantitative estimate of drug-likeness (QED) is 0.506. The third kappa shape index (κ3) is 3.83. The maximum Gasteiger partial charge on any atom is 0.336 e. The molecule has 0 saturated carbocycles. The highest BCUT2D eigenvalue weighted by Gasteiger charge is 2.35. The summed E-state index contributed by atoms with van der Waals surface area (Å²) in [5.41, 5.74) is 0.480. The van der Waals surface area contributed by atoms with Crippen molar-refractivity contribution in [3.63, 3.8) is 0 Å². The molecule has 0 spiro atoms. The standard InChI is InChI=1S/C21H15BrN2O6/c1-11-15(19(26)24(6-7-25)20(27)17(11)10-23)9-13-3-5-18(30-13)14-4-2-12(22)8-16(14)21(28)29/h2-5,8-9,25H,6-7H2,1H3,(H,28,29)/b15-9-. The number of amides is 2. The highest BCUT2D eigenvalue weighted by molar-refractivity contribution is 9.10. The number of nitrogens with zero attached hydrogens (tertiary/aromatic N) is 2. The minimum absolute atomic E-state index is 0.0363. The number of aliphatic hydroxyl groups is 1. The molecule has 0 unspecified atom stereocenters. The van der Waals surface area contributed by atoms with Gasteiger partial charge in [0.25, 0.3) is 11.8 Å². The lowest BCUT2D eigenvalue weighted by molar-refractivity contribution is -0.141. The Hall–Kier alpha value is -3.48. The fraction of sp³-hybridized carbons (Fsp3) is 0.143. The predicted molar refractivity (Wildman–Crippen MR) is 109 cm³/mol. The number of aromatic carboxylic acids is 1. The van der Waals surface area contributed by atoms with Crippen molar-refractivity contribution in [2.75, 3.05) is 13.2 Å². The number of imide groups is 1. The third-order valence-electron chi connectivity index (χ3n) is 4.54. The van der Waals surface area contributed by atoms with E-state index in [9.17, 15) is 24.8 Å². The summed E-state index contributed by atoms with van der Waals surface area (Å²) < 4.78 is 6.33. The van der Waals surface area contributed by atoms with Gasteiger partial charge in [-0.25, -0.2) is 4.79 Å². The van der Waals surface area contributed by atoms with Crippen molar-refractivity contribution in [3.05, 3.63) is 62.8 Å². The maximum absolute atomic E-state index is 12.7. The van der Waals surface area contributed by atoms with E-state index in [2.05, 4.69) is 15.9 Å². The van der Waals surface area contributed by atoms with Gasteiger partial charge in [0.05, 0.1) is 18.7 Å². The lowest BCUT2D eigenvalue weighted by Gasteiger charge is -2.26. The van der Waals surface area contributed by atoms with Crippen molar-refractivity contribution < 1.29 is 29.0 Å². The monoisotopic (exact) mass is 470 g/mol. The van der Waals surface area contributed by atoms with E-state index in [4.69, 9.17) is 9.52 Å². The molecule has 3 rings (SSSR count). The Morgan fingerprint density at radius 1 is 1.27 bits per heavy atom. The molecule has 1 aromatic carbocycles. The third-order valence-corrected chi connectivity index (χ3v) is 5.03. The first-order valence-corrected chi connectivity index (χ1v) is 9.51. The number of hydrogen-bond acceptors (Lipinski definition) is 6. The number of β-amino-alcohol motifs (C(OH)–C–C–N with tert-alkyl or cyclic N) is 1. The van der Waals surface area contributed by atoms with Crippen LogP contribution in [0.3, 0.4) is 0 Å². The Morgan fingerprint density at radius 3 is 2.63 bits per heavy atom. The normalized spacial score (nSPS) is 15.7. The number of rotatable bonds is 5. The van der Waals surface area contributed by atoms with E-state index >= 15 is 0 Å². The highest BCUT2D eigenvalue weighted by Crippen LogP contribution is 2.31. The predicted octanol–water partition coefficient (Wildman–Crippen LogP) is 2.99. The van der Waals surface area contributed by atoms with Crippen LogP contribution in [0.15, 0.2) is 55.9 Å². The van der Waals surface area contributed by atoms with E-state index in [0.29, 0.717) is 10.0 Å². The number of furan rings is 1. The Balaban J connectivity index is 2.07. The number of aliphatic hydroxyl groups excluding tert-OH is 1. The van der Waals surface area contributed by atoms with E-state index in [1.54, 1.807) is 30.3 Å². The van der Waals surface area contributed by atoms with Crippen molar-refractivity contribution in [2.45, 2.75) is 6.92 Å². The van der Waals surface area contributed by atoms with Gasteiger partial charge >= 0.3 is 5.97 Å². The molecular weight excluding hydrogens is 456 g/mol. The summed E-state index contributed by atoms with van der Waals surface area (Å²) in [7, 11) is 0. The van der Waals surface area contributed by atoms with Gasteiger partial charge in [-0.3, -0.25) is 14.5 Å². The van der Waals surface area contributed by atoms with Crippen LogP contribution in [-0.2, 0) is 9.59 Å². The summed E-state index contributed by atoms with van der Waals surface area (Å²) in [6.07, 6.45) is 1.38. The first-order valence-electron chi connectivity index (χ1n) is 8.71. The van der Waals surface area contributed by atoms with Gasteiger partial charge < -0.3 is 14.6 Å². The van der Waals surface area contributed by atoms with Gasteiger partial charge in [0, 0.05) is 15.6 Å². The van der Waals surface area contributed by atoms with Crippen molar-refractivity contribution in [2.24, 2.45) is 0 Å². The minimum atomic E-state index is -1.12. The average Bonchev–Trinajstić information content (AvgIpc) is 3.17. The molecule has 0 radical (unpaired) electrons. The molecule has 1 aliphatic heterocycles. The summed E-state index contributed by atoms with van der Waals surface area (Å²) >= 11 is 3.23. The lowest BCUT2D eigenvalue weighted by Crippen LogP contribution is -2.44. The fourth-order valence-corrected chi connectivity index (χ4v) is 3.42. The minimum Gasteiger partial charge on any atom is -0.478 e. The molecule has 2 aromatic rings. The second kappa shape index (κ2) is 8.49. The van der Waals surface area contributed by atoms with Crippen LogP contribution in [0.25, 0.3) is 17.4 Å². The number of halogens is 1. The molecule has 30 heavy (non-hydrogen) atoms. The van der Waals surface area contributed by atoms with Gasteiger partial charge in [-0.2, -0.15) is 5.26 Å². The van der Waals surface area contributed by atoms with Crippen LogP contribution in [0.2, 0.25) is 0 Å². The second-order valence-corrected chi connectivity index (χ2v) is 7.27. The molecule has 8 nitrogen and oxygen atoms in total. The van der Waals surface area contributed by atoms with Crippen LogP contribution in [0.5, 0.6) is 0 Å². The molecule has 0 saturated heterocycles. The lowest BCUT2D eigenvalue weighted by atomic mass is 9.95. The number of carboxylic acids is 1. The summed E-state index contributed by atoms with van der Waals surface area (Å²) in [5.74, 6) is -2.02. The van der Waals surface area contributed by atoms with Crippen molar-refractivity contribution in [1.29, 1.82) is 5.26 Å². The van der Waals surface area contributed by atoms with Crippen LogP contribution in [0.1, 0.15) is 23.0 Å². The molecule has 0 aliphatic carbocycles. The Labute approximate surface area is 179 Å². The molecule has 2 N–H and O–H groups in total. The van der Waals surface area contributed by atoms with Crippen LogP contribution in [0, 0.1) is 11.3 Å². The zero-order valence-electron chi connectivity index (χ0n) is 15.7. The fourth-order valence-electron chi connectivity index (χ4n) is 3.06. The molecule has 2 heterocycles. The zero-order valence-corrected chi connectivity index (χ0v) is 17.3. The first-order chi connectivity index (χ1) is 14.3. The summed E-state index contributed by atoms with van der Waals surface area (Å²) in [5, 5.41) is 27.9. The number of carbonyl (C=O) groups excluding carboxylic acids is 2. The summed E-state index contributed by atoms with van der Waals surface area (Å²) in [6, 6.07) is 9.64. The van der Waals surface area contributed by atoms with Gasteiger partial charge in [-0.15, -0.1) is 0 Å². The van der Waals surface area contributed by atoms with Crippen LogP contribution in [-0.4, -0.2) is 46.0 Å². The molecule has 0 fully saturated rings. The van der Waals surface area contributed by atoms with Crippen LogP contribution in [0.4, 0.5) is 0 Å². The van der Waals surface area contributed by atoms with Crippen LogP contribution >= 0.6 is 15.9 Å². The Kier molecular flexibility index (Phi) is 6.01. The van der Waals surface area contributed by atoms with Crippen molar-refractivity contribution in [3.8, 4) is 17.4 Å². The number of nitriles is 1. The smallest absolute Gasteiger partial charge is 0.336 e.